The van der Waals surface area contributed by atoms with E-state index in [0.29, 0.717) is 0 Å². The van der Waals surface area contributed by atoms with E-state index in [4.69, 9.17) is 0 Å². The molecule has 0 amide bonds. The summed E-state index contributed by atoms with van der Waals surface area (Å²) in [5.74, 6) is 0. The summed E-state index contributed by atoms with van der Waals surface area (Å²) in [6.45, 7) is 0. The SMILES string of the molecule is O.[Al+3].[Cl-].[O-2]. The first-order valence-corrected chi connectivity index (χ1v) is 0. The number of rotatable bonds is 0. The molecule has 0 radical (unpaired) electrons. The first-order valence-electron chi connectivity index (χ1n) is 0. The van der Waals surface area contributed by atoms with Gasteiger partial charge in [-0.2, -0.15) is 0 Å². The van der Waals surface area contributed by atoms with Gasteiger partial charge in [0.15, 0.2) is 0 Å². The molecule has 0 aliphatic heterocycles. The second-order valence-corrected chi connectivity index (χ2v) is 0. The molecule has 0 heterocycles. The Morgan fingerprint density at radius 3 is 1.00 bits per heavy atom. The van der Waals surface area contributed by atoms with Gasteiger partial charge in [0.25, 0.3) is 0 Å². The van der Waals surface area contributed by atoms with E-state index in [1.807, 2.05) is 0 Å². The Morgan fingerprint density at radius 1 is 1.00 bits per heavy atom. The molecule has 24 valence electrons. The first kappa shape index (κ1) is 120. The van der Waals surface area contributed by atoms with E-state index in [1.165, 1.54) is 0 Å². The fourth-order valence-electron chi connectivity index (χ4n) is 0. The molecule has 0 fully saturated rings. The van der Waals surface area contributed by atoms with Crippen LogP contribution in [0.5, 0.6) is 0 Å². The molecule has 2 nitrogen and oxygen atoms in total. The maximum Gasteiger partial charge on any atom is 3.00 e. The Bertz CT molecular complexity index is 6.00. The van der Waals surface area contributed by atoms with Gasteiger partial charge in [-0.1, -0.05) is 0 Å². The van der Waals surface area contributed by atoms with Gasteiger partial charge in [-0.3, -0.25) is 0 Å². The van der Waals surface area contributed by atoms with Gasteiger partial charge in [-0.15, -0.1) is 0 Å². The monoisotopic (exact) mass is 96.0 g/mol. The van der Waals surface area contributed by atoms with Crippen molar-refractivity contribution in [1.82, 2.24) is 0 Å². The zero-order chi connectivity index (χ0) is 0. The molecule has 0 atom stereocenters. The van der Waals surface area contributed by atoms with Crippen LogP contribution in [0.2, 0.25) is 0 Å². The van der Waals surface area contributed by atoms with Crippen molar-refractivity contribution in [3.05, 3.63) is 0 Å². The predicted molar refractivity (Wildman–Crippen MR) is 10.1 cm³/mol. The Balaban J connectivity index is 0. The topological polar surface area (TPSA) is 60.0 Å². The van der Waals surface area contributed by atoms with Crippen molar-refractivity contribution in [1.29, 1.82) is 0 Å². The van der Waals surface area contributed by atoms with E-state index in [9.17, 15) is 0 Å². The van der Waals surface area contributed by atoms with E-state index < -0.39 is 0 Å². The molecule has 0 saturated carbocycles. The largest absolute Gasteiger partial charge is 3.00 e. The molecule has 2 N–H and O–H groups in total. The van der Waals surface area contributed by atoms with Crippen molar-refractivity contribution in [2.75, 3.05) is 0 Å². The van der Waals surface area contributed by atoms with Crippen molar-refractivity contribution >= 4 is 17.4 Å². The van der Waals surface area contributed by atoms with Crippen molar-refractivity contribution < 1.29 is 23.4 Å². The third kappa shape index (κ3) is 15.1. The third-order valence-corrected chi connectivity index (χ3v) is 0. The molecule has 0 aromatic rings. The zero-order valence-corrected chi connectivity index (χ0v) is 3.77. The molecule has 4 heavy (non-hydrogen) atoms. The van der Waals surface area contributed by atoms with Crippen LogP contribution in [0.3, 0.4) is 0 Å². The van der Waals surface area contributed by atoms with Crippen molar-refractivity contribution in [2.24, 2.45) is 0 Å². The van der Waals surface area contributed by atoms with Gasteiger partial charge in [0.05, 0.1) is 0 Å². The van der Waals surface area contributed by atoms with Crippen LogP contribution in [0.1, 0.15) is 0 Å². The van der Waals surface area contributed by atoms with Crippen LogP contribution in [-0.4, -0.2) is 22.8 Å². The summed E-state index contributed by atoms with van der Waals surface area (Å²) in [4.78, 5) is 0. The quantitative estimate of drug-likeness (QED) is 0.274. The summed E-state index contributed by atoms with van der Waals surface area (Å²) in [5, 5.41) is 0. The average Bonchev–Trinajstić information content (AvgIpc) is 0. The maximum absolute atomic E-state index is 0. The van der Waals surface area contributed by atoms with Gasteiger partial charge in [0, 0.05) is 0 Å². The molecule has 0 rings (SSSR count). The predicted octanol–water partition coefficient (Wildman–Crippen LogP) is -4.32. The minimum Gasteiger partial charge on any atom is -2.00 e. The van der Waals surface area contributed by atoms with Gasteiger partial charge in [-0.05, 0) is 0 Å². The van der Waals surface area contributed by atoms with E-state index in [2.05, 4.69) is 0 Å². The van der Waals surface area contributed by atoms with Crippen LogP contribution in [0, 0.1) is 0 Å². The molecule has 0 aliphatic carbocycles. The standard InChI is InChI=1S/Al.ClH.H2O.O/h;1H;1H2;/q+3;;;-2/p-1. The minimum atomic E-state index is 0. The fourth-order valence-corrected chi connectivity index (χ4v) is 0. The van der Waals surface area contributed by atoms with Crippen LogP contribution in [-0.2, 0) is 5.48 Å². The first-order chi connectivity index (χ1) is 0. The molecule has 0 aromatic carbocycles. The second kappa shape index (κ2) is 51.1. The van der Waals surface area contributed by atoms with Gasteiger partial charge in [-0.25, -0.2) is 0 Å². The smallest absolute Gasteiger partial charge is 2.00 e. The summed E-state index contributed by atoms with van der Waals surface area (Å²) >= 11 is 0. The van der Waals surface area contributed by atoms with E-state index >= 15 is 0 Å². The van der Waals surface area contributed by atoms with E-state index in [-0.39, 0.29) is 40.7 Å². The van der Waals surface area contributed by atoms with Crippen LogP contribution in [0.4, 0.5) is 0 Å². The normalized spacial score (nSPS) is 0. The van der Waals surface area contributed by atoms with Crippen LogP contribution in [0.25, 0.3) is 0 Å². The molecule has 0 aromatic heterocycles. The van der Waals surface area contributed by atoms with Crippen LogP contribution in [0.15, 0.2) is 0 Å². The molecular weight excluding hydrogens is 94.4 g/mol. The van der Waals surface area contributed by atoms with Crippen LogP contribution < -0.4 is 12.4 Å². The minimum absolute atomic E-state index is 0. The second-order valence-electron chi connectivity index (χ2n) is 0. The Kier molecular flexibility index (Phi) is 1540. The number of hydrogen-bond acceptors (Lipinski definition) is 0. The Hall–Kier alpha value is 0.742. The molecule has 4 heteroatoms. The Morgan fingerprint density at radius 2 is 1.00 bits per heavy atom. The maximum atomic E-state index is 0. The molecule has 0 bridgehead atoms. The average molecular weight is 96.4 g/mol. The number of hydrogen-bond donors (Lipinski definition) is 0. The van der Waals surface area contributed by atoms with E-state index in [0.717, 1.165) is 0 Å². The molecule has 0 spiro atoms. The number of halogens is 1. The van der Waals surface area contributed by atoms with Gasteiger partial charge in [0.1, 0.15) is 0 Å². The zero-order valence-electron chi connectivity index (χ0n) is 1.86. The van der Waals surface area contributed by atoms with Gasteiger partial charge in [0.2, 0.25) is 0 Å². The van der Waals surface area contributed by atoms with Crippen LogP contribution >= 0.6 is 0 Å². The van der Waals surface area contributed by atoms with Crippen molar-refractivity contribution in [3.63, 3.8) is 0 Å². The van der Waals surface area contributed by atoms with Gasteiger partial charge < -0.3 is 23.4 Å². The molecule has 0 saturated heterocycles. The molecular formula is H2AlClO2. The summed E-state index contributed by atoms with van der Waals surface area (Å²) in [7, 11) is 0. The van der Waals surface area contributed by atoms with E-state index in [1.54, 1.807) is 0 Å². The Labute approximate surface area is 41.4 Å². The summed E-state index contributed by atoms with van der Waals surface area (Å²) in [6, 6.07) is 0. The molecule has 0 aliphatic rings. The van der Waals surface area contributed by atoms with Crippen molar-refractivity contribution in [2.45, 2.75) is 0 Å². The summed E-state index contributed by atoms with van der Waals surface area (Å²) in [6.07, 6.45) is 0. The third-order valence-electron chi connectivity index (χ3n) is 0. The molecule has 0 unspecified atom stereocenters. The van der Waals surface area contributed by atoms with Crippen molar-refractivity contribution in [3.8, 4) is 0 Å². The fraction of sp³-hybridized carbons (Fsp3) is 0. The van der Waals surface area contributed by atoms with Gasteiger partial charge >= 0.3 is 17.4 Å². The summed E-state index contributed by atoms with van der Waals surface area (Å²) < 4.78 is 0. The summed E-state index contributed by atoms with van der Waals surface area (Å²) in [5.41, 5.74) is 0.